The number of halogens is 4. The number of ether oxygens (including phenoxy) is 1. The van der Waals surface area contributed by atoms with E-state index in [4.69, 9.17) is 27.9 Å². The van der Waals surface area contributed by atoms with Crippen molar-refractivity contribution in [3.63, 3.8) is 0 Å². The Hall–Kier alpha value is -2.14. The van der Waals surface area contributed by atoms with Crippen LogP contribution < -0.4 is 5.32 Å². The maximum absolute atomic E-state index is 14.8. The number of pyridine rings is 1. The van der Waals surface area contributed by atoms with Gasteiger partial charge in [-0.1, -0.05) is 23.2 Å². The Bertz CT molecular complexity index is 1150. The van der Waals surface area contributed by atoms with Crippen LogP contribution >= 0.6 is 23.2 Å². The van der Waals surface area contributed by atoms with Crippen molar-refractivity contribution >= 4 is 40.1 Å². The first-order valence-corrected chi connectivity index (χ1v) is 12.1. The van der Waals surface area contributed by atoms with E-state index in [0.29, 0.717) is 31.7 Å². The van der Waals surface area contributed by atoms with Gasteiger partial charge >= 0.3 is 5.92 Å². The average molecular weight is 512 g/mol. The van der Waals surface area contributed by atoms with Gasteiger partial charge in [-0.3, -0.25) is 9.88 Å². The van der Waals surface area contributed by atoms with Crippen LogP contribution in [0.25, 0.3) is 11.0 Å². The Morgan fingerprint density at radius 2 is 1.91 bits per heavy atom. The van der Waals surface area contributed by atoms with Crippen LogP contribution in [0.2, 0.25) is 10.0 Å². The van der Waals surface area contributed by atoms with Gasteiger partial charge in [-0.15, -0.1) is 0 Å². The van der Waals surface area contributed by atoms with Gasteiger partial charge in [0.05, 0.1) is 28.2 Å². The van der Waals surface area contributed by atoms with E-state index in [1.54, 1.807) is 11.1 Å². The standard InChI is InChI=1S/C22H25Cl2F2N7O/c23-14-9-17(24)19(27-10-14)22(25,26)12-32-6-4-15(5-7-32)31-20-16-11-30-33(21(16)29-13-28-20)18-3-1-2-8-34-18/h9-11,13,15,18H,1-8,12H2,(H,28,29,31). The summed E-state index contributed by atoms with van der Waals surface area (Å²) in [6.07, 6.45) is 8.82. The van der Waals surface area contributed by atoms with Crippen LogP contribution in [0.4, 0.5) is 14.6 Å². The summed E-state index contributed by atoms with van der Waals surface area (Å²) in [5.74, 6) is -2.47. The van der Waals surface area contributed by atoms with Crippen LogP contribution in [-0.4, -0.2) is 61.9 Å². The molecule has 2 aliphatic heterocycles. The molecule has 0 bridgehead atoms. The van der Waals surface area contributed by atoms with Gasteiger partial charge in [-0.05, 0) is 38.2 Å². The number of anilines is 1. The van der Waals surface area contributed by atoms with E-state index < -0.39 is 18.2 Å². The molecular formula is C22H25Cl2F2N7O. The lowest BCUT2D eigenvalue weighted by Crippen LogP contribution is -2.44. The summed E-state index contributed by atoms with van der Waals surface area (Å²) in [4.78, 5) is 14.3. The van der Waals surface area contributed by atoms with E-state index in [2.05, 4.69) is 25.4 Å². The maximum Gasteiger partial charge on any atom is 0.303 e. The molecule has 0 saturated carbocycles. The molecule has 0 spiro atoms. The van der Waals surface area contributed by atoms with Gasteiger partial charge in [0.15, 0.2) is 11.9 Å². The third-order valence-electron chi connectivity index (χ3n) is 6.32. The predicted octanol–water partition coefficient (Wildman–Crippen LogP) is 4.90. The molecule has 5 rings (SSSR count). The minimum atomic E-state index is -3.17. The normalized spacial score (nSPS) is 20.6. The second kappa shape index (κ2) is 9.85. The third-order valence-corrected chi connectivity index (χ3v) is 6.82. The molecule has 1 unspecified atom stereocenters. The number of nitrogens with one attached hydrogen (secondary N) is 1. The second-order valence-electron chi connectivity index (χ2n) is 8.75. The van der Waals surface area contributed by atoms with E-state index in [0.717, 1.165) is 36.9 Å². The number of hydrogen-bond donors (Lipinski definition) is 1. The smallest absolute Gasteiger partial charge is 0.303 e. The molecule has 0 radical (unpaired) electrons. The lowest BCUT2D eigenvalue weighted by molar-refractivity contribution is -0.0456. The predicted molar refractivity (Wildman–Crippen MR) is 125 cm³/mol. The van der Waals surface area contributed by atoms with Crippen LogP contribution in [0.3, 0.4) is 0 Å². The average Bonchev–Trinajstić information content (AvgIpc) is 3.26. The Balaban J connectivity index is 1.21. The molecule has 182 valence electrons. The first kappa shape index (κ1) is 23.6. The highest BCUT2D eigenvalue weighted by Crippen LogP contribution is 2.35. The number of piperidine rings is 1. The largest absolute Gasteiger partial charge is 0.367 e. The highest BCUT2D eigenvalue weighted by Gasteiger charge is 2.38. The third kappa shape index (κ3) is 4.95. The van der Waals surface area contributed by atoms with Gasteiger partial charge in [0.1, 0.15) is 17.8 Å². The molecule has 2 aliphatic rings. The first-order valence-electron chi connectivity index (χ1n) is 11.4. The van der Waals surface area contributed by atoms with Gasteiger partial charge in [0.25, 0.3) is 0 Å². The molecule has 8 nitrogen and oxygen atoms in total. The monoisotopic (exact) mass is 511 g/mol. The number of alkyl halides is 2. The quantitative estimate of drug-likeness (QED) is 0.504. The number of fused-ring (bicyclic) bond motifs is 1. The molecule has 3 aromatic heterocycles. The van der Waals surface area contributed by atoms with Crippen LogP contribution in [0.1, 0.15) is 44.0 Å². The van der Waals surface area contributed by atoms with Gasteiger partial charge < -0.3 is 10.1 Å². The van der Waals surface area contributed by atoms with E-state index in [-0.39, 0.29) is 22.3 Å². The van der Waals surface area contributed by atoms with Gasteiger partial charge in [-0.2, -0.15) is 13.9 Å². The molecule has 0 aliphatic carbocycles. The molecule has 34 heavy (non-hydrogen) atoms. The molecular weight excluding hydrogens is 487 g/mol. The van der Waals surface area contributed by atoms with Crippen molar-refractivity contribution < 1.29 is 13.5 Å². The topological polar surface area (TPSA) is 81.0 Å². The van der Waals surface area contributed by atoms with Crippen molar-refractivity contribution in [2.24, 2.45) is 0 Å². The highest BCUT2D eigenvalue weighted by molar-refractivity contribution is 6.34. The molecule has 0 aromatic carbocycles. The zero-order valence-electron chi connectivity index (χ0n) is 18.4. The summed E-state index contributed by atoms with van der Waals surface area (Å²) >= 11 is 11.8. The molecule has 2 saturated heterocycles. The van der Waals surface area contributed by atoms with Crippen molar-refractivity contribution in [2.45, 2.75) is 50.3 Å². The van der Waals surface area contributed by atoms with Crippen LogP contribution in [0.5, 0.6) is 0 Å². The molecule has 5 heterocycles. The molecule has 3 aromatic rings. The number of aromatic nitrogens is 5. The van der Waals surface area contributed by atoms with Gasteiger partial charge in [-0.25, -0.2) is 14.6 Å². The van der Waals surface area contributed by atoms with Gasteiger partial charge in [0, 0.05) is 31.9 Å². The maximum atomic E-state index is 14.8. The Morgan fingerprint density at radius 3 is 2.65 bits per heavy atom. The Kier molecular flexibility index (Phi) is 6.83. The summed E-state index contributed by atoms with van der Waals surface area (Å²) in [6, 6.07) is 1.40. The lowest BCUT2D eigenvalue weighted by atomic mass is 10.0. The summed E-state index contributed by atoms with van der Waals surface area (Å²) in [5, 5.41) is 8.89. The fraction of sp³-hybridized carbons (Fsp3) is 0.545. The van der Waals surface area contributed by atoms with E-state index in [1.165, 1.54) is 18.6 Å². The number of hydrogen-bond acceptors (Lipinski definition) is 7. The number of likely N-dealkylation sites (tertiary alicyclic amines) is 1. The molecule has 0 amide bonds. The van der Waals surface area contributed by atoms with Gasteiger partial charge in [0.2, 0.25) is 0 Å². The fourth-order valence-corrected chi connectivity index (χ4v) is 5.09. The molecule has 12 heteroatoms. The van der Waals surface area contributed by atoms with Crippen molar-refractivity contribution in [3.8, 4) is 0 Å². The summed E-state index contributed by atoms with van der Waals surface area (Å²) in [5.41, 5.74) is 0.287. The van der Waals surface area contributed by atoms with Crippen molar-refractivity contribution in [3.05, 3.63) is 40.5 Å². The zero-order valence-corrected chi connectivity index (χ0v) is 19.9. The van der Waals surface area contributed by atoms with E-state index in [1.807, 2.05) is 4.68 Å². The fourth-order valence-electron chi connectivity index (χ4n) is 4.57. The first-order chi connectivity index (χ1) is 16.4. The van der Waals surface area contributed by atoms with Crippen molar-refractivity contribution in [1.82, 2.24) is 29.6 Å². The van der Waals surface area contributed by atoms with E-state index >= 15 is 0 Å². The SMILES string of the molecule is FC(F)(CN1CCC(Nc2ncnc3c2cnn3C2CCCCO2)CC1)c1ncc(Cl)cc1Cl. The lowest BCUT2D eigenvalue weighted by Gasteiger charge is -2.34. The number of nitrogens with zero attached hydrogens (tertiary/aromatic N) is 6. The Labute approximate surface area is 205 Å². The van der Waals surface area contributed by atoms with Crippen LogP contribution in [0, 0.1) is 0 Å². The Morgan fingerprint density at radius 1 is 1.09 bits per heavy atom. The van der Waals surface area contributed by atoms with Crippen molar-refractivity contribution in [1.29, 1.82) is 0 Å². The van der Waals surface area contributed by atoms with Crippen molar-refractivity contribution in [2.75, 3.05) is 31.6 Å². The summed E-state index contributed by atoms with van der Waals surface area (Å²) in [7, 11) is 0. The van der Waals surface area contributed by atoms with Crippen LogP contribution in [0.15, 0.2) is 24.8 Å². The second-order valence-corrected chi connectivity index (χ2v) is 9.60. The minimum Gasteiger partial charge on any atom is -0.367 e. The van der Waals surface area contributed by atoms with E-state index in [9.17, 15) is 8.78 Å². The molecule has 2 fully saturated rings. The minimum absolute atomic E-state index is 0.106. The molecule has 1 atom stereocenters. The zero-order chi connectivity index (χ0) is 23.7. The molecule has 1 N–H and O–H groups in total. The summed E-state index contributed by atoms with van der Waals surface area (Å²) in [6.45, 7) is 1.31. The number of rotatable bonds is 6. The highest BCUT2D eigenvalue weighted by atomic mass is 35.5. The summed E-state index contributed by atoms with van der Waals surface area (Å²) < 4.78 is 37.3. The van der Waals surface area contributed by atoms with Crippen LogP contribution in [-0.2, 0) is 10.7 Å².